The van der Waals surface area contributed by atoms with Crippen LogP contribution >= 0.6 is 0 Å². The van der Waals surface area contributed by atoms with E-state index in [2.05, 4.69) is 79.9 Å². The van der Waals surface area contributed by atoms with Gasteiger partial charge in [0, 0.05) is 6.42 Å². The summed E-state index contributed by atoms with van der Waals surface area (Å²) in [4.78, 5) is 13.1. The van der Waals surface area contributed by atoms with E-state index in [-0.39, 0.29) is 12.5 Å². The van der Waals surface area contributed by atoms with E-state index >= 15 is 0 Å². The highest BCUT2D eigenvalue weighted by Gasteiger charge is 2.44. The summed E-state index contributed by atoms with van der Waals surface area (Å²) in [6.07, 6.45) is 78.7. The zero-order chi connectivity index (χ0) is 58.6. The minimum atomic E-state index is -1.57. The number of ether oxygens (including phenoxy) is 2. The van der Waals surface area contributed by atoms with Gasteiger partial charge in [-0.2, -0.15) is 0 Å². The number of allylic oxidation sites excluding steroid dienone is 11. The van der Waals surface area contributed by atoms with E-state index in [0.29, 0.717) is 6.42 Å². The number of aliphatic hydroxyl groups is 5. The number of aliphatic hydroxyl groups excluding tert-OH is 5. The predicted octanol–water partition coefficient (Wildman–Crippen LogP) is 18.8. The smallest absolute Gasteiger partial charge is 0.220 e. The van der Waals surface area contributed by atoms with Gasteiger partial charge < -0.3 is 40.3 Å². The molecule has 0 aliphatic carbocycles. The maximum Gasteiger partial charge on any atom is 0.220 e. The van der Waals surface area contributed by atoms with Gasteiger partial charge in [0.25, 0.3) is 0 Å². The van der Waals surface area contributed by atoms with Crippen molar-refractivity contribution in [2.24, 2.45) is 0 Å². The van der Waals surface area contributed by atoms with Crippen LogP contribution in [0.5, 0.6) is 0 Å². The molecule has 1 aliphatic rings. The zero-order valence-electron chi connectivity index (χ0n) is 52.8. The Morgan fingerprint density at radius 2 is 0.778 bits per heavy atom. The first-order chi connectivity index (χ1) is 39.8. The second kappa shape index (κ2) is 60.7. The number of amides is 1. The molecule has 0 bridgehead atoms. The first-order valence-electron chi connectivity index (χ1n) is 34.7. The number of carbonyl (C=O) groups excluding carboxylic acids is 1. The average molecular weight is 1140 g/mol. The fourth-order valence-corrected chi connectivity index (χ4v) is 10.9. The number of rotatable bonds is 60. The maximum absolute atomic E-state index is 13.1. The van der Waals surface area contributed by atoms with Crippen molar-refractivity contribution in [3.05, 3.63) is 72.9 Å². The Balaban J connectivity index is 2.12. The quantitative estimate of drug-likeness (QED) is 0.0261. The Hall–Kier alpha value is -2.37. The summed E-state index contributed by atoms with van der Waals surface area (Å²) in [5, 5.41) is 54.7. The molecule has 7 unspecified atom stereocenters. The van der Waals surface area contributed by atoms with Crippen LogP contribution in [0.25, 0.3) is 0 Å². The molecule has 0 aromatic heterocycles. The molecule has 0 aromatic rings. The van der Waals surface area contributed by atoms with Crippen LogP contribution in [-0.2, 0) is 14.3 Å². The molecule has 7 atom stereocenters. The molecule has 0 spiro atoms. The normalized spacial score (nSPS) is 18.8. The van der Waals surface area contributed by atoms with Gasteiger partial charge in [-0.3, -0.25) is 4.79 Å². The van der Waals surface area contributed by atoms with Gasteiger partial charge in [0.1, 0.15) is 24.4 Å². The van der Waals surface area contributed by atoms with Gasteiger partial charge in [0.05, 0.1) is 25.4 Å². The molecule has 1 fully saturated rings. The summed E-state index contributed by atoms with van der Waals surface area (Å²) >= 11 is 0. The largest absolute Gasteiger partial charge is 0.394 e. The van der Waals surface area contributed by atoms with Gasteiger partial charge in [-0.05, 0) is 70.6 Å². The molecule has 6 N–H and O–H groups in total. The summed E-state index contributed by atoms with van der Waals surface area (Å²) in [5.41, 5.74) is 0. The lowest BCUT2D eigenvalue weighted by Gasteiger charge is -2.40. The Kier molecular flexibility index (Phi) is 57.5. The maximum atomic E-state index is 13.1. The standard InChI is InChI=1S/C72H131NO8/c1-3-5-7-9-11-13-15-17-19-21-23-25-27-28-29-30-31-32-33-34-35-36-37-38-40-42-44-46-48-50-52-54-56-58-60-62-68(76)73-65(64-80-72-71(79)70(78)69(77)67(63-74)81-72)66(75)61-59-57-55-53-51-49-47-45-43-41-39-26-24-22-20-18-16-14-12-10-8-6-4-2/h5,7,11,13,17,19,23,25,51,53,59,61,65-67,69-72,74-75,77-79H,3-4,6,8-10,12,14-16,18,20-22,24,26-50,52,54-58,60,62-64H2,1-2H3,(H,73,76)/b7-5-,13-11-,19-17-,25-23-,53-51+,61-59+. The van der Waals surface area contributed by atoms with E-state index in [4.69, 9.17) is 9.47 Å². The van der Waals surface area contributed by atoms with Crippen LogP contribution in [0.4, 0.5) is 0 Å². The van der Waals surface area contributed by atoms with Crippen LogP contribution in [0.15, 0.2) is 72.9 Å². The van der Waals surface area contributed by atoms with Crippen molar-refractivity contribution < 1.29 is 39.8 Å². The lowest BCUT2D eigenvalue weighted by Crippen LogP contribution is -2.60. The van der Waals surface area contributed by atoms with E-state index in [1.165, 1.54) is 238 Å². The molecule has 9 nitrogen and oxygen atoms in total. The van der Waals surface area contributed by atoms with Crippen molar-refractivity contribution in [1.29, 1.82) is 0 Å². The second-order valence-electron chi connectivity index (χ2n) is 23.9. The molecule has 1 aliphatic heterocycles. The summed E-state index contributed by atoms with van der Waals surface area (Å²) in [6.45, 7) is 3.69. The fourth-order valence-electron chi connectivity index (χ4n) is 10.9. The monoisotopic (exact) mass is 1140 g/mol. The number of hydrogen-bond donors (Lipinski definition) is 6. The van der Waals surface area contributed by atoms with Crippen molar-refractivity contribution in [2.45, 2.75) is 365 Å². The van der Waals surface area contributed by atoms with Crippen LogP contribution in [0.1, 0.15) is 322 Å². The van der Waals surface area contributed by atoms with Gasteiger partial charge in [-0.15, -0.1) is 0 Å². The summed E-state index contributed by atoms with van der Waals surface area (Å²) in [6, 6.07) is -0.824. The lowest BCUT2D eigenvalue weighted by atomic mass is 9.99. The summed E-state index contributed by atoms with van der Waals surface area (Å²) < 4.78 is 11.3. The van der Waals surface area contributed by atoms with Crippen LogP contribution in [0.3, 0.4) is 0 Å². The third-order valence-corrected chi connectivity index (χ3v) is 16.3. The molecular formula is C72H131NO8. The van der Waals surface area contributed by atoms with E-state index in [1.54, 1.807) is 6.08 Å². The van der Waals surface area contributed by atoms with Gasteiger partial charge in [0.15, 0.2) is 6.29 Å². The van der Waals surface area contributed by atoms with Crippen molar-refractivity contribution in [3.8, 4) is 0 Å². The third kappa shape index (κ3) is 49.6. The molecule has 1 rings (SSSR count). The summed E-state index contributed by atoms with van der Waals surface area (Å²) in [5.74, 6) is -0.182. The topological polar surface area (TPSA) is 149 Å². The van der Waals surface area contributed by atoms with Crippen LogP contribution in [-0.4, -0.2) is 87.5 Å². The molecule has 0 aromatic carbocycles. The van der Waals surface area contributed by atoms with Gasteiger partial charge in [-0.25, -0.2) is 0 Å². The van der Waals surface area contributed by atoms with Crippen molar-refractivity contribution in [2.75, 3.05) is 13.2 Å². The average Bonchev–Trinajstić information content (AvgIpc) is 3.48. The molecule has 0 saturated carbocycles. The Morgan fingerprint density at radius 1 is 0.432 bits per heavy atom. The van der Waals surface area contributed by atoms with Crippen LogP contribution < -0.4 is 5.32 Å². The molecule has 472 valence electrons. The molecule has 1 amide bonds. The molecule has 81 heavy (non-hydrogen) atoms. The first kappa shape index (κ1) is 76.6. The minimum absolute atomic E-state index is 0.182. The first-order valence-corrected chi connectivity index (χ1v) is 34.7. The van der Waals surface area contributed by atoms with Crippen molar-refractivity contribution in [3.63, 3.8) is 0 Å². The zero-order valence-corrected chi connectivity index (χ0v) is 52.8. The predicted molar refractivity (Wildman–Crippen MR) is 345 cm³/mol. The molecule has 9 heteroatoms. The number of hydrogen-bond acceptors (Lipinski definition) is 8. The molecular weight excluding hydrogens is 1010 g/mol. The second-order valence-corrected chi connectivity index (χ2v) is 23.9. The van der Waals surface area contributed by atoms with Crippen LogP contribution in [0.2, 0.25) is 0 Å². The van der Waals surface area contributed by atoms with Crippen molar-refractivity contribution >= 4 is 5.91 Å². The fraction of sp³-hybridized carbons (Fsp3) is 0.819. The highest BCUT2D eigenvalue weighted by Crippen LogP contribution is 2.23. The molecule has 0 radical (unpaired) electrons. The minimum Gasteiger partial charge on any atom is -0.394 e. The third-order valence-electron chi connectivity index (χ3n) is 16.3. The van der Waals surface area contributed by atoms with Gasteiger partial charge >= 0.3 is 0 Å². The SMILES string of the molecule is CC/C=C\C/C=C\C/C=C\C/C=C\CCCCCCCCCCCCCCCCCCCCCCCCC(=O)NC(COC1OC(CO)C(O)C(O)C1O)C(O)/C=C/CC/C=C/CCCCCCCCCCCCCCCCCCC. The Morgan fingerprint density at radius 3 is 1.19 bits per heavy atom. The molecule has 1 saturated heterocycles. The number of carbonyl (C=O) groups is 1. The lowest BCUT2D eigenvalue weighted by molar-refractivity contribution is -0.302. The summed E-state index contributed by atoms with van der Waals surface area (Å²) in [7, 11) is 0. The van der Waals surface area contributed by atoms with Crippen molar-refractivity contribution in [1.82, 2.24) is 5.32 Å². The van der Waals surface area contributed by atoms with Gasteiger partial charge in [-0.1, -0.05) is 318 Å². The Bertz CT molecular complexity index is 1510. The Labute approximate surface area is 499 Å². The highest BCUT2D eigenvalue weighted by atomic mass is 16.7. The van der Waals surface area contributed by atoms with E-state index in [0.717, 1.165) is 64.2 Å². The number of unbranched alkanes of at least 4 members (excludes halogenated alkanes) is 40. The van der Waals surface area contributed by atoms with E-state index < -0.39 is 49.5 Å². The van der Waals surface area contributed by atoms with E-state index in [1.807, 2.05) is 6.08 Å². The number of nitrogens with one attached hydrogen (secondary N) is 1. The molecule has 1 heterocycles. The van der Waals surface area contributed by atoms with Gasteiger partial charge in [0.2, 0.25) is 5.91 Å². The highest BCUT2D eigenvalue weighted by molar-refractivity contribution is 5.76. The van der Waals surface area contributed by atoms with E-state index in [9.17, 15) is 30.3 Å². The van der Waals surface area contributed by atoms with Crippen LogP contribution in [0, 0.1) is 0 Å².